The highest BCUT2D eigenvalue weighted by Gasteiger charge is 2.22. The van der Waals surface area contributed by atoms with E-state index in [-0.39, 0.29) is 0 Å². The summed E-state index contributed by atoms with van der Waals surface area (Å²) < 4.78 is 1.83. The van der Waals surface area contributed by atoms with Crippen LogP contribution in [0, 0.1) is 5.92 Å². The topological polar surface area (TPSA) is 60.0 Å². The highest BCUT2D eigenvalue weighted by atomic mass is 15.4. The Balaban J connectivity index is 1.80. The summed E-state index contributed by atoms with van der Waals surface area (Å²) in [5.74, 6) is 0.888. The predicted octanol–water partition coefficient (Wildman–Crippen LogP) is 0.859. The lowest BCUT2D eigenvalue weighted by molar-refractivity contribution is 0.309. The summed E-state index contributed by atoms with van der Waals surface area (Å²) in [6.45, 7) is 6.99. The summed E-state index contributed by atoms with van der Waals surface area (Å²) in [5, 5.41) is 8.25. The molecule has 1 aromatic heterocycles. The van der Waals surface area contributed by atoms with Crippen molar-refractivity contribution in [2.24, 2.45) is 11.7 Å². The van der Waals surface area contributed by atoms with Crippen molar-refractivity contribution in [3.63, 3.8) is 0 Å². The van der Waals surface area contributed by atoms with Gasteiger partial charge in [0.1, 0.15) is 0 Å². The van der Waals surface area contributed by atoms with Crippen molar-refractivity contribution in [2.75, 3.05) is 19.6 Å². The second kappa shape index (κ2) is 6.12. The van der Waals surface area contributed by atoms with Gasteiger partial charge in [-0.3, -0.25) is 9.58 Å². The molecule has 2 rings (SSSR count). The van der Waals surface area contributed by atoms with E-state index in [0.717, 1.165) is 24.7 Å². The molecular formula is C12H23N5. The largest absolute Gasteiger partial charge is 0.329 e. The Morgan fingerprint density at radius 2 is 2.41 bits per heavy atom. The van der Waals surface area contributed by atoms with Gasteiger partial charge < -0.3 is 5.73 Å². The summed E-state index contributed by atoms with van der Waals surface area (Å²) in [7, 11) is 0. The zero-order valence-corrected chi connectivity index (χ0v) is 10.7. The third-order valence-corrected chi connectivity index (χ3v) is 3.40. The fourth-order valence-corrected chi connectivity index (χ4v) is 2.58. The van der Waals surface area contributed by atoms with Crippen LogP contribution >= 0.6 is 0 Å². The Morgan fingerprint density at radius 3 is 3.18 bits per heavy atom. The lowest BCUT2D eigenvalue weighted by Crippen LogP contribution is -2.20. The van der Waals surface area contributed by atoms with Crippen molar-refractivity contribution in [2.45, 2.75) is 39.3 Å². The van der Waals surface area contributed by atoms with Gasteiger partial charge in [-0.15, -0.1) is 5.10 Å². The molecule has 0 aliphatic carbocycles. The first kappa shape index (κ1) is 12.5. The Morgan fingerprint density at radius 1 is 1.53 bits per heavy atom. The van der Waals surface area contributed by atoms with Gasteiger partial charge >= 0.3 is 0 Å². The molecule has 1 saturated heterocycles. The molecule has 0 aromatic carbocycles. The molecule has 96 valence electrons. The van der Waals surface area contributed by atoms with Crippen molar-refractivity contribution < 1.29 is 0 Å². The van der Waals surface area contributed by atoms with Crippen molar-refractivity contribution in [3.05, 3.63) is 11.9 Å². The Labute approximate surface area is 103 Å². The fourth-order valence-electron chi connectivity index (χ4n) is 2.58. The number of rotatable bonds is 6. The van der Waals surface area contributed by atoms with E-state index < -0.39 is 0 Å². The summed E-state index contributed by atoms with van der Waals surface area (Å²) in [4.78, 5) is 2.48. The average Bonchev–Trinajstić information content (AvgIpc) is 2.91. The Hall–Kier alpha value is -0.940. The summed E-state index contributed by atoms with van der Waals surface area (Å²) >= 11 is 0. The maximum absolute atomic E-state index is 5.49. The second-order valence-corrected chi connectivity index (χ2v) is 4.94. The first-order valence-corrected chi connectivity index (χ1v) is 6.63. The van der Waals surface area contributed by atoms with E-state index in [0.29, 0.717) is 6.54 Å². The van der Waals surface area contributed by atoms with Crippen molar-refractivity contribution in [3.8, 4) is 0 Å². The monoisotopic (exact) mass is 237 g/mol. The molecule has 5 heteroatoms. The second-order valence-electron chi connectivity index (χ2n) is 4.94. The molecule has 1 aromatic rings. The number of aromatic nitrogens is 3. The molecular weight excluding hydrogens is 214 g/mol. The standard InChI is InChI=1S/C12H23N5/c1-2-3-11-4-6-16(8-11)9-12-10-17(7-5-13)15-14-12/h10-11H,2-9,13H2,1H3. The van der Waals surface area contributed by atoms with Crippen LogP contribution in [-0.2, 0) is 13.1 Å². The first-order chi connectivity index (χ1) is 8.31. The van der Waals surface area contributed by atoms with Crippen LogP contribution < -0.4 is 5.73 Å². The Bertz CT molecular complexity index is 335. The molecule has 0 bridgehead atoms. The van der Waals surface area contributed by atoms with Crippen LogP contribution in [0.25, 0.3) is 0 Å². The van der Waals surface area contributed by atoms with E-state index >= 15 is 0 Å². The van der Waals surface area contributed by atoms with Gasteiger partial charge in [-0.25, -0.2) is 0 Å². The third-order valence-electron chi connectivity index (χ3n) is 3.40. The molecule has 0 amide bonds. The van der Waals surface area contributed by atoms with Gasteiger partial charge in [-0.1, -0.05) is 18.6 Å². The average molecular weight is 237 g/mol. The van der Waals surface area contributed by atoms with E-state index in [1.54, 1.807) is 0 Å². The maximum Gasteiger partial charge on any atom is 0.0967 e. The van der Waals surface area contributed by atoms with E-state index in [2.05, 4.69) is 22.1 Å². The van der Waals surface area contributed by atoms with E-state index in [1.807, 2.05) is 10.9 Å². The number of likely N-dealkylation sites (tertiary alicyclic amines) is 1. The van der Waals surface area contributed by atoms with Crippen LogP contribution in [0.15, 0.2) is 6.20 Å². The van der Waals surface area contributed by atoms with Gasteiger partial charge in [0.25, 0.3) is 0 Å². The molecule has 1 atom stereocenters. The third kappa shape index (κ3) is 3.51. The van der Waals surface area contributed by atoms with Gasteiger partial charge in [-0.05, 0) is 25.3 Å². The molecule has 0 spiro atoms. The van der Waals surface area contributed by atoms with Crippen molar-refractivity contribution >= 4 is 0 Å². The molecule has 1 aliphatic rings. The Kier molecular flexibility index (Phi) is 4.50. The minimum Gasteiger partial charge on any atom is -0.329 e. The van der Waals surface area contributed by atoms with Gasteiger partial charge in [0.15, 0.2) is 0 Å². The minimum atomic E-state index is 0.616. The van der Waals surface area contributed by atoms with E-state index in [4.69, 9.17) is 5.73 Å². The van der Waals surface area contributed by atoms with E-state index in [1.165, 1.54) is 32.4 Å². The SMILES string of the molecule is CCCC1CCN(Cc2cn(CCN)nn2)C1. The zero-order chi connectivity index (χ0) is 12.1. The highest BCUT2D eigenvalue weighted by Crippen LogP contribution is 2.21. The molecule has 1 fully saturated rings. The molecule has 1 unspecified atom stereocenters. The normalized spacial score (nSPS) is 21.2. The van der Waals surface area contributed by atoms with Gasteiger partial charge in [0.05, 0.1) is 12.2 Å². The fraction of sp³-hybridized carbons (Fsp3) is 0.833. The number of nitrogens with zero attached hydrogens (tertiary/aromatic N) is 4. The van der Waals surface area contributed by atoms with Gasteiger partial charge in [0, 0.05) is 25.8 Å². The highest BCUT2D eigenvalue weighted by molar-refractivity contribution is 4.93. The van der Waals surface area contributed by atoms with Crippen molar-refractivity contribution in [1.82, 2.24) is 19.9 Å². The van der Waals surface area contributed by atoms with Gasteiger partial charge in [-0.2, -0.15) is 0 Å². The molecule has 0 radical (unpaired) electrons. The molecule has 2 N–H and O–H groups in total. The van der Waals surface area contributed by atoms with Crippen molar-refractivity contribution in [1.29, 1.82) is 0 Å². The number of hydrogen-bond donors (Lipinski definition) is 1. The van der Waals surface area contributed by atoms with E-state index in [9.17, 15) is 0 Å². The van der Waals surface area contributed by atoms with Crippen LogP contribution in [0.3, 0.4) is 0 Å². The van der Waals surface area contributed by atoms with Crippen LogP contribution in [0.2, 0.25) is 0 Å². The summed E-state index contributed by atoms with van der Waals surface area (Å²) in [6.07, 6.45) is 6.01. The lowest BCUT2D eigenvalue weighted by atomic mass is 10.0. The van der Waals surface area contributed by atoms with Crippen LogP contribution in [0.5, 0.6) is 0 Å². The molecule has 5 nitrogen and oxygen atoms in total. The quantitative estimate of drug-likeness (QED) is 0.797. The first-order valence-electron chi connectivity index (χ1n) is 6.63. The predicted molar refractivity (Wildman–Crippen MR) is 67.4 cm³/mol. The van der Waals surface area contributed by atoms with Crippen LogP contribution in [-0.4, -0.2) is 39.5 Å². The zero-order valence-electron chi connectivity index (χ0n) is 10.7. The molecule has 2 heterocycles. The maximum atomic E-state index is 5.49. The molecule has 17 heavy (non-hydrogen) atoms. The summed E-state index contributed by atoms with van der Waals surface area (Å²) in [5.41, 5.74) is 6.55. The van der Waals surface area contributed by atoms with Gasteiger partial charge in [0.2, 0.25) is 0 Å². The minimum absolute atomic E-state index is 0.616. The van der Waals surface area contributed by atoms with Crippen LogP contribution in [0.1, 0.15) is 31.9 Å². The molecule has 0 saturated carbocycles. The number of hydrogen-bond acceptors (Lipinski definition) is 4. The lowest BCUT2D eigenvalue weighted by Gasteiger charge is -2.13. The summed E-state index contributed by atoms with van der Waals surface area (Å²) in [6, 6.07) is 0. The number of nitrogens with two attached hydrogens (primary N) is 1. The van der Waals surface area contributed by atoms with Crippen LogP contribution in [0.4, 0.5) is 0 Å². The molecule has 1 aliphatic heterocycles. The smallest absolute Gasteiger partial charge is 0.0967 e.